The lowest BCUT2D eigenvalue weighted by molar-refractivity contribution is -0.140. The first-order valence-corrected chi connectivity index (χ1v) is 8.06. The van der Waals surface area contributed by atoms with Crippen molar-refractivity contribution in [2.45, 2.75) is 70.8 Å². The Kier molecular flexibility index (Phi) is 12.1. The van der Waals surface area contributed by atoms with Crippen LogP contribution in [0.5, 0.6) is 0 Å². The summed E-state index contributed by atoms with van der Waals surface area (Å²) in [5.41, 5.74) is 0. The lowest BCUT2D eigenvalue weighted by Crippen LogP contribution is -2.39. The van der Waals surface area contributed by atoms with E-state index in [4.69, 9.17) is 15.5 Å². The molecule has 0 aromatic rings. The summed E-state index contributed by atoms with van der Waals surface area (Å²) in [5, 5.41) is 29.3. The molecule has 0 bridgehead atoms. The molecule has 0 fully saturated rings. The van der Waals surface area contributed by atoms with Crippen LogP contribution in [0.15, 0.2) is 0 Å². The summed E-state index contributed by atoms with van der Waals surface area (Å²) in [6.45, 7) is 2.70. The first kappa shape index (κ1) is 20.4. The van der Waals surface area contributed by atoms with Gasteiger partial charge in [0.05, 0.1) is 6.07 Å². The molecule has 0 rings (SSSR count). The standard InChI is InChI=1S/C16H28N2O4/c1-2-7-13(8-5-3-4-6-11-17)12-18-14(16(21)22)9-10-15(19)20/h13-14,18H,2-10,12H2,1H3,(H,19,20)(H,21,22). The van der Waals surface area contributed by atoms with Gasteiger partial charge >= 0.3 is 11.9 Å². The molecule has 22 heavy (non-hydrogen) atoms. The summed E-state index contributed by atoms with van der Waals surface area (Å²) in [5.74, 6) is -1.57. The van der Waals surface area contributed by atoms with Crippen LogP contribution in [-0.2, 0) is 9.59 Å². The van der Waals surface area contributed by atoms with Crippen LogP contribution in [0.1, 0.15) is 64.7 Å². The van der Waals surface area contributed by atoms with Gasteiger partial charge in [-0.25, -0.2) is 0 Å². The summed E-state index contributed by atoms with van der Waals surface area (Å²) in [7, 11) is 0. The fraction of sp³-hybridized carbons (Fsp3) is 0.812. The minimum absolute atomic E-state index is 0.103. The van der Waals surface area contributed by atoms with Crippen LogP contribution in [0.25, 0.3) is 0 Å². The molecule has 0 amide bonds. The first-order valence-electron chi connectivity index (χ1n) is 8.06. The van der Waals surface area contributed by atoms with Crippen molar-refractivity contribution in [1.29, 1.82) is 5.26 Å². The number of nitrogens with one attached hydrogen (secondary N) is 1. The zero-order chi connectivity index (χ0) is 16.8. The molecule has 0 aliphatic heterocycles. The number of carboxylic acids is 2. The predicted octanol–water partition coefficient (Wildman–Crippen LogP) is 2.78. The largest absolute Gasteiger partial charge is 0.481 e. The fourth-order valence-electron chi connectivity index (χ4n) is 2.46. The maximum Gasteiger partial charge on any atom is 0.320 e. The third kappa shape index (κ3) is 11.1. The summed E-state index contributed by atoms with van der Waals surface area (Å²) in [6.07, 6.45) is 6.61. The van der Waals surface area contributed by atoms with Crippen LogP contribution < -0.4 is 5.32 Å². The van der Waals surface area contributed by atoms with E-state index in [2.05, 4.69) is 18.3 Å². The second-order valence-corrected chi connectivity index (χ2v) is 5.64. The molecule has 6 heteroatoms. The van der Waals surface area contributed by atoms with Gasteiger partial charge in [0.15, 0.2) is 0 Å². The maximum absolute atomic E-state index is 11.1. The number of nitriles is 1. The van der Waals surface area contributed by atoms with Crippen molar-refractivity contribution in [1.82, 2.24) is 5.32 Å². The first-order chi connectivity index (χ1) is 10.5. The van der Waals surface area contributed by atoms with Crippen molar-refractivity contribution >= 4 is 11.9 Å². The number of carbonyl (C=O) groups is 2. The minimum Gasteiger partial charge on any atom is -0.481 e. The minimum atomic E-state index is -0.995. The monoisotopic (exact) mass is 312 g/mol. The summed E-state index contributed by atoms with van der Waals surface area (Å²) in [6, 6.07) is 1.33. The molecule has 2 unspecified atom stereocenters. The normalized spacial score (nSPS) is 13.3. The second kappa shape index (κ2) is 13.1. The third-order valence-corrected chi connectivity index (χ3v) is 3.70. The molecule has 6 nitrogen and oxygen atoms in total. The number of hydrogen-bond donors (Lipinski definition) is 3. The SMILES string of the molecule is CCCC(CCCCCC#N)CNC(CCC(=O)O)C(=O)O. The number of aliphatic carboxylic acids is 2. The zero-order valence-corrected chi connectivity index (χ0v) is 13.4. The Morgan fingerprint density at radius 3 is 2.41 bits per heavy atom. The molecule has 0 spiro atoms. The number of unbranched alkanes of at least 4 members (excludes halogenated alkanes) is 3. The summed E-state index contributed by atoms with van der Waals surface area (Å²) >= 11 is 0. The van der Waals surface area contributed by atoms with Gasteiger partial charge in [-0.2, -0.15) is 5.26 Å². The van der Waals surface area contributed by atoms with Crippen molar-refractivity contribution in [2.75, 3.05) is 6.54 Å². The molecule has 2 atom stereocenters. The van der Waals surface area contributed by atoms with E-state index in [9.17, 15) is 9.59 Å². The van der Waals surface area contributed by atoms with Crippen LogP contribution in [0, 0.1) is 17.2 Å². The number of carboxylic acid groups (broad SMARTS) is 2. The van der Waals surface area contributed by atoms with Crippen LogP contribution in [-0.4, -0.2) is 34.7 Å². The van der Waals surface area contributed by atoms with E-state index in [0.29, 0.717) is 18.9 Å². The molecule has 0 aromatic heterocycles. The smallest absolute Gasteiger partial charge is 0.320 e. The molecule has 0 aliphatic carbocycles. The highest BCUT2D eigenvalue weighted by Crippen LogP contribution is 2.16. The van der Waals surface area contributed by atoms with E-state index in [-0.39, 0.29) is 12.8 Å². The number of nitrogens with zero attached hydrogens (tertiary/aromatic N) is 1. The molecule has 0 aromatic carbocycles. The fourth-order valence-corrected chi connectivity index (χ4v) is 2.46. The molecule has 0 radical (unpaired) electrons. The third-order valence-electron chi connectivity index (χ3n) is 3.70. The Morgan fingerprint density at radius 2 is 1.86 bits per heavy atom. The summed E-state index contributed by atoms with van der Waals surface area (Å²) < 4.78 is 0. The van der Waals surface area contributed by atoms with E-state index in [1.165, 1.54) is 0 Å². The lowest BCUT2D eigenvalue weighted by atomic mass is 9.95. The van der Waals surface area contributed by atoms with Crippen molar-refractivity contribution in [3.8, 4) is 6.07 Å². The molecule has 0 saturated heterocycles. The van der Waals surface area contributed by atoms with E-state index >= 15 is 0 Å². The Hall–Kier alpha value is -1.61. The Morgan fingerprint density at radius 1 is 1.14 bits per heavy atom. The van der Waals surface area contributed by atoms with E-state index < -0.39 is 18.0 Å². The second-order valence-electron chi connectivity index (χ2n) is 5.64. The van der Waals surface area contributed by atoms with Gasteiger partial charge in [-0.1, -0.05) is 26.2 Å². The van der Waals surface area contributed by atoms with Crippen molar-refractivity contribution < 1.29 is 19.8 Å². The number of hydrogen-bond acceptors (Lipinski definition) is 4. The molecular formula is C16H28N2O4. The van der Waals surface area contributed by atoms with Gasteiger partial charge in [-0.05, 0) is 38.1 Å². The zero-order valence-electron chi connectivity index (χ0n) is 13.4. The molecule has 0 aliphatic rings. The molecular weight excluding hydrogens is 284 g/mol. The van der Waals surface area contributed by atoms with Crippen molar-refractivity contribution in [3.05, 3.63) is 0 Å². The van der Waals surface area contributed by atoms with Gasteiger partial charge < -0.3 is 15.5 Å². The lowest BCUT2D eigenvalue weighted by Gasteiger charge is -2.20. The Labute approximate surface area is 132 Å². The van der Waals surface area contributed by atoms with Crippen molar-refractivity contribution in [3.63, 3.8) is 0 Å². The van der Waals surface area contributed by atoms with E-state index in [1.807, 2.05) is 0 Å². The maximum atomic E-state index is 11.1. The van der Waals surface area contributed by atoms with Gasteiger partial charge in [0.25, 0.3) is 0 Å². The van der Waals surface area contributed by atoms with Gasteiger partial charge in [0.1, 0.15) is 6.04 Å². The molecule has 0 saturated carbocycles. The predicted molar refractivity (Wildman–Crippen MR) is 83.4 cm³/mol. The topological polar surface area (TPSA) is 110 Å². The average molecular weight is 312 g/mol. The van der Waals surface area contributed by atoms with Crippen LogP contribution in [0.3, 0.4) is 0 Å². The highest BCUT2D eigenvalue weighted by atomic mass is 16.4. The highest BCUT2D eigenvalue weighted by Gasteiger charge is 2.19. The van der Waals surface area contributed by atoms with E-state index in [1.54, 1.807) is 0 Å². The molecule has 126 valence electrons. The average Bonchev–Trinajstić information content (AvgIpc) is 2.46. The Balaban J connectivity index is 4.14. The molecule has 3 N–H and O–H groups in total. The van der Waals surface area contributed by atoms with Crippen LogP contribution in [0.4, 0.5) is 0 Å². The van der Waals surface area contributed by atoms with Crippen LogP contribution in [0.2, 0.25) is 0 Å². The highest BCUT2D eigenvalue weighted by molar-refractivity contribution is 5.75. The van der Waals surface area contributed by atoms with Gasteiger partial charge in [0.2, 0.25) is 0 Å². The van der Waals surface area contributed by atoms with Crippen molar-refractivity contribution in [2.24, 2.45) is 5.92 Å². The van der Waals surface area contributed by atoms with Gasteiger partial charge in [-0.15, -0.1) is 0 Å². The van der Waals surface area contributed by atoms with E-state index in [0.717, 1.165) is 38.5 Å². The number of rotatable bonds is 14. The van der Waals surface area contributed by atoms with Gasteiger partial charge in [-0.3, -0.25) is 9.59 Å². The van der Waals surface area contributed by atoms with Crippen LogP contribution >= 0.6 is 0 Å². The summed E-state index contributed by atoms with van der Waals surface area (Å²) in [4.78, 5) is 21.7. The van der Waals surface area contributed by atoms with Gasteiger partial charge in [0, 0.05) is 12.8 Å². The molecule has 0 heterocycles. The quantitative estimate of drug-likeness (QED) is 0.425. The Bertz CT molecular complexity index is 366.